The van der Waals surface area contributed by atoms with Crippen molar-refractivity contribution < 1.29 is 13.2 Å². The third kappa shape index (κ3) is 2.88. The first-order valence-electron chi connectivity index (χ1n) is 7.21. The Morgan fingerprint density at radius 1 is 1.08 bits per heavy atom. The Balaban J connectivity index is 2.05. The number of carbonyl (C=O) groups is 1. The molecule has 0 bridgehead atoms. The molecule has 0 spiro atoms. The minimum atomic E-state index is -3.81. The van der Waals surface area contributed by atoms with Gasteiger partial charge in [0.05, 0.1) is 10.5 Å². The highest BCUT2D eigenvalue weighted by atomic mass is 32.2. The Kier molecular flexibility index (Phi) is 4.06. The summed E-state index contributed by atoms with van der Waals surface area (Å²) in [4.78, 5) is 12.6. The van der Waals surface area contributed by atoms with E-state index in [1.807, 2.05) is 31.2 Å². The van der Waals surface area contributed by atoms with Gasteiger partial charge in [-0.25, -0.2) is 8.42 Å². The van der Waals surface area contributed by atoms with Gasteiger partial charge in [-0.15, -0.1) is 11.3 Å². The number of rotatable bonds is 4. The molecule has 0 aliphatic rings. The molecule has 0 fully saturated rings. The highest BCUT2D eigenvalue weighted by Crippen LogP contribution is 2.34. The number of nitrogens with two attached hydrogens (primary N) is 1. The van der Waals surface area contributed by atoms with Gasteiger partial charge in [0, 0.05) is 4.88 Å². The molecule has 24 heavy (non-hydrogen) atoms. The van der Waals surface area contributed by atoms with Crippen LogP contribution in [0, 0.1) is 13.8 Å². The molecular weight excluding hydrogens is 344 g/mol. The highest BCUT2D eigenvalue weighted by Gasteiger charge is 2.22. The van der Waals surface area contributed by atoms with Crippen LogP contribution in [-0.2, 0) is 10.0 Å². The third-order valence-corrected chi connectivity index (χ3v) is 6.49. The molecule has 1 amide bonds. The van der Waals surface area contributed by atoms with Crippen molar-refractivity contribution in [2.24, 2.45) is 5.73 Å². The number of fused-ring (bicyclic) bond motifs is 1. The van der Waals surface area contributed by atoms with Gasteiger partial charge in [0.1, 0.15) is 5.00 Å². The minimum absolute atomic E-state index is 0.139. The molecule has 0 saturated heterocycles. The summed E-state index contributed by atoms with van der Waals surface area (Å²) in [5.74, 6) is -0.645. The second kappa shape index (κ2) is 5.92. The molecular formula is C17H16N2O3S2. The molecule has 2 aromatic carbocycles. The Hall–Kier alpha value is -2.38. The number of nitrogens with one attached hydrogen (secondary N) is 1. The maximum absolute atomic E-state index is 12.7. The zero-order chi connectivity index (χ0) is 17.5. The molecule has 0 atom stereocenters. The second-order valence-electron chi connectivity index (χ2n) is 5.47. The molecule has 0 aliphatic heterocycles. The molecule has 124 valence electrons. The van der Waals surface area contributed by atoms with Crippen molar-refractivity contribution in [1.29, 1.82) is 0 Å². The molecule has 3 aromatic rings. The lowest BCUT2D eigenvalue weighted by Gasteiger charge is -2.09. The summed E-state index contributed by atoms with van der Waals surface area (Å²) in [6.07, 6.45) is 0. The average molecular weight is 360 g/mol. The van der Waals surface area contributed by atoms with Crippen LogP contribution < -0.4 is 10.5 Å². The van der Waals surface area contributed by atoms with Crippen LogP contribution >= 0.6 is 11.3 Å². The minimum Gasteiger partial charge on any atom is -0.365 e. The largest absolute Gasteiger partial charge is 0.365 e. The molecule has 0 unspecified atom stereocenters. The predicted octanol–water partition coefficient (Wildman–Crippen LogP) is 3.42. The van der Waals surface area contributed by atoms with Crippen LogP contribution in [0.3, 0.4) is 0 Å². The Morgan fingerprint density at radius 3 is 2.42 bits per heavy atom. The number of carbonyl (C=O) groups excluding carboxylic acids is 1. The molecule has 0 saturated carbocycles. The fourth-order valence-corrected chi connectivity index (χ4v) is 4.92. The molecule has 0 radical (unpaired) electrons. The molecule has 1 heterocycles. The van der Waals surface area contributed by atoms with Gasteiger partial charge in [0.15, 0.2) is 0 Å². The zero-order valence-electron chi connectivity index (χ0n) is 13.2. The zero-order valence-corrected chi connectivity index (χ0v) is 14.8. The molecule has 3 N–H and O–H groups in total. The lowest BCUT2D eigenvalue weighted by molar-refractivity contribution is 0.100. The summed E-state index contributed by atoms with van der Waals surface area (Å²) < 4.78 is 27.9. The topological polar surface area (TPSA) is 89.3 Å². The Bertz CT molecular complexity index is 1050. The van der Waals surface area contributed by atoms with E-state index in [0.717, 1.165) is 15.6 Å². The Morgan fingerprint density at radius 2 is 1.75 bits per heavy atom. The van der Waals surface area contributed by atoms with E-state index in [4.69, 9.17) is 5.73 Å². The van der Waals surface area contributed by atoms with Crippen LogP contribution in [0.15, 0.2) is 47.4 Å². The number of hydrogen-bond acceptors (Lipinski definition) is 4. The lowest BCUT2D eigenvalue weighted by Crippen LogP contribution is -2.17. The average Bonchev–Trinajstić information content (AvgIpc) is 2.80. The van der Waals surface area contributed by atoms with E-state index in [2.05, 4.69) is 4.72 Å². The molecule has 5 nitrogen and oxygen atoms in total. The summed E-state index contributed by atoms with van der Waals surface area (Å²) in [5.41, 5.74) is 6.32. The van der Waals surface area contributed by atoms with Gasteiger partial charge in [0.2, 0.25) is 0 Å². The molecule has 3 rings (SSSR count). The van der Waals surface area contributed by atoms with Gasteiger partial charge in [-0.05, 0) is 42.3 Å². The summed E-state index contributed by atoms with van der Waals surface area (Å²) in [7, 11) is -3.81. The van der Waals surface area contributed by atoms with Crippen molar-refractivity contribution >= 4 is 43.0 Å². The first kappa shape index (κ1) is 16.5. The van der Waals surface area contributed by atoms with Gasteiger partial charge in [-0.1, -0.05) is 30.3 Å². The maximum Gasteiger partial charge on any atom is 0.262 e. The van der Waals surface area contributed by atoms with Gasteiger partial charge in [0.25, 0.3) is 15.9 Å². The fraction of sp³-hybridized carbons (Fsp3) is 0.118. The van der Waals surface area contributed by atoms with E-state index in [9.17, 15) is 13.2 Å². The van der Waals surface area contributed by atoms with Crippen LogP contribution in [0.4, 0.5) is 5.00 Å². The van der Waals surface area contributed by atoms with E-state index in [-0.39, 0.29) is 15.5 Å². The van der Waals surface area contributed by atoms with Gasteiger partial charge >= 0.3 is 0 Å². The third-order valence-electron chi connectivity index (χ3n) is 3.89. The summed E-state index contributed by atoms with van der Waals surface area (Å²) in [6.45, 7) is 3.57. The fourth-order valence-electron chi connectivity index (χ4n) is 2.51. The van der Waals surface area contributed by atoms with Crippen LogP contribution in [0.5, 0.6) is 0 Å². The number of sulfonamides is 1. The number of amides is 1. The molecule has 0 aliphatic carbocycles. The van der Waals surface area contributed by atoms with Gasteiger partial charge < -0.3 is 5.73 Å². The van der Waals surface area contributed by atoms with Crippen molar-refractivity contribution in [2.45, 2.75) is 18.7 Å². The number of aryl methyl sites for hydroxylation is 1. The summed E-state index contributed by atoms with van der Waals surface area (Å²) in [5, 5.41) is 2.04. The number of anilines is 1. The van der Waals surface area contributed by atoms with Crippen LogP contribution in [-0.4, -0.2) is 14.3 Å². The second-order valence-corrected chi connectivity index (χ2v) is 8.37. The molecule has 1 aromatic heterocycles. The van der Waals surface area contributed by atoms with E-state index < -0.39 is 15.9 Å². The Labute approximate surface area is 144 Å². The van der Waals surface area contributed by atoms with E-state index in [1.165, 1.54) is 11.3 Å². The number of hydrogen-bond donors (Lipinski definition) is 2. The highest BCUT2D eigenvalue weighted by molar-refractivity contribution is 7.93. The van der Waals surface area contributed by atoms with Crippen LogP contribution in [0.1, 0.15) is 20.8 Å². The first-order chi connectivity index (χ1) is 11.3. The van der Waals surface area contributed by atoms with Crippen molar-refractivity contribution in [3.63, 3.8) is 0 Å². The summed E-state index contributed by atoms with van der Waals surface area (Å²) >= 11 is 1.20. The quantitative estimate of drug-likeness (QED) is 0.747. The number of benzene rings is 2. The summed E-state index contributed by atoms with van der Waals surface area (Å²) in [6, 6.07) is 12.4. The van der Waals surface area contributed by atoms with Crippen molar-refractivity contribution in [2.75, 3.05) is 4.72 Å². The van der Waals surface area contributed by atoms with Crippen LogP contribution in [0.2, 0.25) is 0 Å². The monoisotopic (exact) mass is 360 g/mol. The van der Waals surface area contributed by atoms with Gasteiger partial charge in [-0.3, -0.25) is 9.52 Å². The van der Waals surface area contributed by atoms with Crippen molar-refractivity contribution in [3.8, 4) is 0 Å². The van der Waals surface area contributed by atoms with E-state index >= 15 is 0 Å². The van der Waals surface area contributed by atoms with Crippen molar-refractivity contribution in [3.05, 3.63) is 58.5 Å². The number of thiophene rings is 1. The smallest absolute Gasteiger partial charge is 0.262 e. The number of primary amides is 1. The predicted molar refractivity (Wildman–Crippen MR) is 97.1 cm³/mol. The molecule has 7 heteroatoms. The standard InChI is InChI=1S/C17H16N2O3S2/c1-10-11(2)23-17(15(10)16(18)20)19-24(21,22)14-8-7-12-5-3-4-6-13(12)9-14/h3-9,19H,1-2H3,(H2,18,20). The van der Waals surface area contributed by atoms with E-state index in [0.29, 0.717) is 5.56 Å². The normalized spacial score (nSPS) is 11.6. The lowest BCUT2D eigenvalue weighted by atomic mass is 10.1. The van der Waals surface area contributed by atoms with E-state index in [1.54, 1.807) is 25.1 Å². The SMILES string of the molecule is Cc1sc(NS(=O)(=O)c2ccc3ccccc3c2)c(C(N)=O)c1C. The van der Waals surface area contributed by atoms with Crippen molar-refractivity contribution in [1.82, 2.24) is 0 Å². The first-order valence-corrected chi connectivity index (χ1v) is 9.51. The maximum atomic E-state index is 12.7. The van der Waals surface area contributed by atoms with Gasteiger partial charge in [-0.2, -0.15) is 0 Å². The van der Waals surface area contributed by atoms with Crippen LogP contribution in [0.25, 0.3) is 10.8 Å².